The molecule has 0 aromatic carbocycles. The molecule has 2 unspecified atom stereocenters. The predicted octanol–water partition coefficient (Wildman–Crippen LogP) is 3.56. The van der Waals surface area contributed by atoms with Gasteiger partial charge in [0.1, 0.15) is 0 Å². The number of hydrogen-bond acceptors (Lipinski definition) is 6. The first kappa shape index (κ1) is 24.9. The van der Waals surface area contributed by atoms with Gasteiger partial charge in [0, 0.05) is 0 Å². The number of unbranched alkanes of at least 4 members (excludes halogenated alkanes) is 5. The molecule has 8 heteroatoms. The Morgan fingerprint density at radius 2 is 1.41 bits per heavy atom. The van der Waals surface area contributed by atoms with Crippen LogP contribution in [0.4, 0.5) is 0 Å². The monoisotopic (exact) mass is 414 g/mol. The summed E-state index contributed by atoms with van der Waals surface area (Å²) in [6.07, 6.45) is 5.12. The van der Waals surface area contributed by atoms with Crippen LogP contribution in [0.1, 0.15) is 85.0 Å². The number of carbonyl (C=O) groups excluding carboxylic acids is 2. The summed E-state index contributed by atoms with van der Waals surface area (Å²) < 4.78 is 10.5. The van der Waals surface area contributed by atoms with Crippen LogP contribution >= 0.6 is 0 Å². The smallest absolute Gasteiger partial charge is 0.325 e. The molecular weight excluding hydrogens is 380 g/mol. The van der Waals surface area contributed by atoms with Crippen LogP contribution in [0.2, 0.25) is 0 Å². The average molecular weight is 414 g/mol. The van der Waals surface area contributed by atoms with Gasteiger partial charge in [0.2, 0.25) is 0 Å². The highest BCUT2D eigenvalue weighted by atomic mass is 16.6. The third-order valence-corrected chi connectivity index (χ3v) is 5.87. The molecule has 0 spiro atoms. The highest BCUT2D eigenvalue weighted by Crippen LogP contribution is 2.55. The third kappa shape index (κ3) is 5.08. The molecule has 8 nitrogen and oxygen atoms in total. The first-order valence-electron chi connectivity index (χ1n) is 10.6. The fraction of sp³-hybridized carbons (Fsp3) is 0.810. The fourth-order valence-corrected chi connectivity index (χ4v) is 3.89. The summed E-state index contributed by atoms with van der Waals surface area (Å²) in [6.45, 7) is 5.49. The Bertz CT molecular complexity index is 585. The van der Waals surface area contributed by atoms with Gasteiger partial charge in [-0.25, -0.2) is 0 Å². The highest BCUT2D eigenvalue weighted by Gasteiger charge is 2.74. The first-order chi connectivity index (χ1) is 13.7. The maximum atomic E-state index is 13.0. The molecule has 1 aliphatic rings. The molecule has 29 heavy (non-hydrogen) atoms. The van der Waals surface area contributed by atoms with Gasteiger partial charge < -0.3 is 19.7 Å². The molecule has 0 radical (unpaired) electrons. The molecule has 1 rings (SSSR count). The lowest BCUT2D eigenvalue weighted by molar-refractivity contribution is -0.198. The number of aliphatic carboxylic acids is 2. The second-order valence-corrected chi connectivity index (χ2v) is 7.80. The van der Waals surface area contributed by atoms with Crippen molar-refractivity contribution in [3.8, 4) is 0 Å². The number of ether oxygens (including phenoxy) is 2. The molecule has 166 valence electrons. The minimum absolute atomic E-state index is 0.0125. The number of carbonyl (C=O) groups is 4. The Hall–Kier alpha value is -2.12. The van der Waals surface area contributed by atoms with Crippen molar-refractivity contribution in [2.45, 2.75) is 91.1 Å². The molecule has 1 fully saturated rings. The van der Waals surface area contributed by atoms with Gasteiger partial charge >= 0.3 is 23.9 Å². The first-order valence-corrected chi connectivity index (χ1v) is 10.6. The minimum atomic E-state index is -2.59. The van der Waals surface area contributed by atoms with Crippen LogP contribution in [-0.4, -0.2) is 46.8 Å². The molecular formula is C21H34O8. The summed E-state index contributed by atoms with van der Waals surface area (Å²) >= 11 is 0. The van der Waals surface area contributed by atoms with Gasteiger partial charge in [-0.3, -0.25) is 19.2 Å². The van der Waals surface area contributed by atoms with E-state index in [1.807, 2.05) is 0 Å². The van der Waals surface area contributed by atoms with E-state index in [2.05, 4.69) is 6.92 Å². The summed E-state index contributed by atoms with van der Waals surface area (Å²) in [5, 5.41) is 19.5. The molecule has 0 heterocycles. The summed E-state index contributed by atoms with van der Waals surface area (Å²) in [7, 11) is 0. The molecule has 0 bridgehead atoms. The van der Waals surface area contributed by atoms with E-state index in [1.54, 1.807) is 13.8 Å². The van der Waals surface area contributed by atoms with Crippen molar-refractivity contribution >= 4 is 23.9 Å². The molecule has 0 aromatic heterocycles. The number of carboxylic acid groups (broad SMARTS) is 2. The number of carboxylic acids is 2. The Kier molecular flexibility index (Phi) is 9.59. The van der Waals surface area contributed by atoms with E-state index in [0.717, 1.165) is 32.1 Å². The zero-order chi connectivity index (χ0) is 22.1. The fourth-order valence-electron chi connectivity index (χ4n) is 3.89. The van der Waals surface area contributed by atoms with Gasteiger partial charge in [-0.15, -0.1) is 0 Å². The van der Waals surface area contributed by atoms with Crippen LogP contribution < -0.4 is 0 Å². The Morgan fingerprint density at radius 1 is 0.862 bits per heavy atom. The predicted molar refractivity (Wildman–Crippen MR) is 104 cm³/mol. The quantitative estimate of drug-likeness (QED) is 0.266. The maximum absolute atomic E-state index is 13.0. The molecule has 0 amide bonds. The van der Waals surface area contributed by atoms with Crippen LogP contribution in [0.5, 0.6) is 0 Å². The van der Waals surface area contributed by atoms with Crippen LogP contribution in [0.15, 0.2) is 0 Å². The van der Waals surface area contributed by atoms with Gasteiger partial charge in [-0.2, -0.15) is 0 Å². The zero-order valence-corrected chi connectivity index (χ0v) is 17.7. The van der Waals surface area contributed by atoms with E-state index < -0.39 is 40.8 Å². The van der Waals surface area contributed by atoms with Gasteiger partial charge in [-0.05, 0) is 39.0 Å². The lowest BCUT2D eigenvalue weighted by Gasteiger charge is -2.36. The summed E-state index contributed by atoms with van der Waals surface area (Å²) in [4.78, 5) is 50.0. The molecule has 1 saturated carbocycles. The second-order valence-electron chi connectivity index (χ2n) is 7.80. The van der Waals surface area contributed by atoms with Crippen LogP contribution in [-0.2, 0) is 28.7 Å². The van der Waals surface area contributed by atoms with Gasteiger partial charge in [0.15, 0.2) is 10.8 Å². The van der Waals surface area contributed by atoms with Crippen LogP contribution in [0.3, 0.4) is 0 Å². The summed E-state index contributed by atoms with van der Waals surface area (Å²) in [5.74, 6) is -5.68. The van der Waals surface area contributed by atoms with Crippen molar-refractivity contribution in [2.75, 3.05) is 6.61 Å². The van der Waals surface area contributed by atoms with E-state index in [0.29, 0.717) is 12.8 Å². The molecule has 1 aliphatic carbocycles. The molecule has 2 atom stereocenters. The Morgan fingerprint density at radius 3 is 1.97 bits per heavy atom. The summed E-state index contributed by atoms with van der Waals surface area (Å²) in [6, 6.07) is 0. The van der Waals surface area contributed by atoms with E-state index in [-0.39, 0.29) is 25.9 Å². The number of rotatable bonds is 13. The SMILES string of the molecule is CCCCCCCCOC(=O)C1(C(=O)OC(C)CC)CCCC1(C(=O)O)C(=O)O. The Balaban J connectivity index is 3.06. The van der Waals surface area contributed by atoms with E-state index in [4.69, 9.17) is 9.47 Å². The largest absolute Gasteiger partial charge is 0.480 e. The van der Waals surface area contributed by atoms with Gasteiger partial charge in [-0.1, -0.05) is 46.0 Å². The highest BCUT2D eigenvalue weighted by molar-refractivity contribution is 6.14. The second kappa shape index (κ2) is 11.2. The molecule has 0 aliphatic heterocycles. The number of esters is 2. The van der Waals surface area contributed by atoms with Crippen LogP contribution in [0, 0.1) is 10.8 Å². The normalized spacial score (nSPS) is 21.3. The lowest BCUT2D eigenvalue weighted by Crippen LogP contribution is -2.59. The average Bonchev–Trinajstić information content (AvgIpc) is 3.09. The van der Waals surface area contributed by atoms with E-state index in [1.165, 1.54) is 0 Å². The van der Waals surface area contributed by atoms with E-state index >= 15 is 0 Å². The molecule has 2 N–H and O–H groups in total. The molecule has 0 aromatic rings. The van der Waals surface area contributed by atoms with Crippen molar-refractivity contribution in [3.63, 3.8) is 0 Å². The van der Waals surface area contributed by atoms with Gasteiger partial charge in [0.25, 0.3) is 0 Å². The van der Waals surface area contributed by atoms with Crippen molar-refractivity contribution < 1.29 is 38.9 Å². The third-order valence-electron chi connectivity index (χ3n) is 5.87. The van der Waals surface area contributed by atoms with Gasteiger partial charge in [0.05, 0.1) is 12.7 Å². The zero-order valence-electron chi connectivity index (χ0n) is 17.7. The van der Waals surface area contributed by atoms with Crippen molar-refractivity contribution in [3.05, 3.63) is 0 Å². The standard InChI is InChI=1S/C21H34O8/c1-4-6-7-8-9-10-14-28-18(26)21(19(27)29-15(3)5-2)13-11-12-20(21,16(22)23)17(24)25/h15H,4-14H2,1-3H3,(H,22,23)(H,24,25). The number of hydrogen-bond donors (Lipinski definition) is 2. The summed E-state index contributed by atoms with van der Waals surface area (Å²) in [5.41, 5.74) is -4.97. The maximum Gasteiger partial charge on any atom is 0.325 e. The molecule has 0 saturated heterocycles. The van der Waals surface area contributed by atoms with Crippen molar-refractivity contribution in [1.82, 2.24) is 0 Å². The topological polar surface area (TPSA) is 127 Å². The van der Waals surface area contributed by atoms with Crippen molar-refractivity contribution in [2.24, 2.45) is 10.8 Å². The lowest BCUT2D eigenvalue weighted by atomic mass is 9.65. The van der Waals surface area contributed by atoms with Crippen LogP contribution in [0.25, 0.3) is 0 Å². The Labute approximate surface area is 171 Å². The van der Waals surface area contributed by atoms with Crippen molar-refractivity contribution in [1.29, 1.82) is 0 Å². The van der Waals surface area contributed by atoms with E-state index in [9.17, 15) is 29.4 Å². The minimum Gasteiger partial charge on any atom is -0.480 e.